The second-order valence-electron chi connectivity index (χ2n) is 5.05. The largest absolute Gasteiger partial charge is 0.394 e. The Bertz CT molecular complexity index is 234. The lowest BCUT2D eigenvalue weighted by molar-refractivity contribution is -0.0635. The van der Waals surface area contributed by atoms with E-state index in [0.717, 1.165) is 0 Å². The average molecular weight is 205 g/mol. The number of hydrogen-bond donors (Lipinski definition) is 2. The average Bonchev–Trinajstić information content (AvgIpc) is 2.40. The Morgan fingerprint density at radius 2 is 1.86 bits per heavy atom. The molecule has 2 rings (SSSR count). The molecule has 0 spiro atoms. The van der Waals surface area contributed by atoms with E-state index in [2.05, 4.69) is 0 Å². The molecule has 0 aromatic heterocycles. The maximum atomic E-state index is 13.1. The number of alkyl halides is 2. The first-order chi connectivity index (χ1) is 6.44. The molecule has 0 aliphatic heterocycles. The van der Waals surface area contributed by atoms with Crippen molar-refractivity contribution >= 4 is 0 Å². The minimum absolute atomic E-state index is 0.00429. The van der Waals surface area contributed by atoms with E-state index in [-0.39, 0.29) is 25.4 Å². The highest BCUT2D eigenvalue weighted by Crippen LogP contribution is 2.50. The highest BCUT2D eigenvalue weighted by molar-refractivity contribution is 5.01. The van der Waals surface area contributed by atoms with Crippen LogP contribution in [0, 0.1) is 11.8 Å². The second kappa shape index (κ2) is 3.14. The van der Waals surface area contributed by atoms with Gasteiger partial charge in [-0.2, -0.15) is 0 Å². The first-order valence-electron chi connectivity index (χ1n) is 5.22. The van der Waals surface area contributed by atoms with Gasteiger partial charge in [0.2, 0.25) is 5.92 Å². The first-order valence-corrected chi connectivity index (χ1v) is 5.22. The Kier molecular flexibility index (Phi) is 2.31. The monoisotopic (exact) mass is 205 g/mol. The van der Waals surface area contributed by atoms with E-state index in [9.17, 15) is 8.78 Å². The van der Waals surface area contributed by atoms with Crippen LogP contribution in [-0.4, -0.2) is 23.2 Å². The molecule has 2 fully saturated rings. The van der Waals surface area contributed by atoms with Gasteiger partial charge in [0.15, 0.2) is 0 Å². The van der Waals surface area contributed by atoms with Gasteiger partial charge in [0.25, 0.3) is 0 Å². The van der Waals surface area contributed by atoms with Crippen molar-refractivity contribution in [3.05, 3.63) is 0 Å². The number of hydrogen-bond acceptors (Lipinski definition) is 2. The summed E-state index contributed by atoms with van der Waals surface area (Å²) >= 11 is 0. The first kappa shape index (κ1) is 10.3. The van der Waals surface area contributed by atoms with Gasteiger partial charge in [-0.3, -0.25) is 0 Å². The van der Waals surface area contributed by atoms with E-state index in [0.29, 0.717) is 25.2 Å². The van der Waals surface area contributed by atoms with E-state index in [1.54, 1.807) is 0 Å². The molecule has 0 radical (unpaired) electrons. The Labute approximate surface area is 82.5 Å². The Balaban J connectivity index is 2.05. The van der Waals surface area contributed by atoms with Crippen LogP contribution in [0.3, 0.4) is 0 Å². The summed E-state index contributed by atoms with van der Waals surface area (Å²) in [5.41, 5.74) is 5.32. The molecule has 2 nitrogen and oxygen atoms in total. The number of rotatable bonds is 1. The molecule has 0 bridgehead atoms. The standard InChI is InChI=1S/C10H17F2NO/c11-10(12)2-1-7-3-9(13,6-14)4-8(7)5-10/h7-8,14H,1-6,13H2. The maximum absolute atomic E-state index is 13.1. The zero-order chi connectivity index (χ0) is 10.4. The van der Waals surface area contributed by atoms with Crippen molar-refractivity contribution in [3.8, 4) is 0 Å². The molecule has 0 aromatic carbocycles. The summed E-state index contributed by atoms with van der Waals surface area (Å²) in [4.78, 5) is 0. The third-order valence-corrected chi connectivity index (χ3v) is 3.76. The number of nitrogens with two attached hydrogens (primary N) is 1. The van der Waals surface area contributed by atoms with Crippen LogP contribution in [0.5, 0.6) is 0 Å². The van der Waals surface area contributed by atoms with E-state index >= 15 is 0 Å². The molecule has 2 aliphatic rings. The molecule has 2 aliphatic carbocycles. The minimum Gasteiger partial charge on any atom is -0.394 e. The Morgan fingerprint density at radius 3 is 2.50 bits per heavy atom. The fraction of sp³-hybridized carbons (Fsp3) is 1.00. The summed E-state index contributed by atoms with van der Waals surface area (Å²) in [5, 5.41) is 9.09. The van der Waals surface area contributed by atoms with Gasteiger partial charge >= 0.3 is 0 Å². The van der Waals surface area contributed by atoms with Crippen LogP contribution in [0.4, 0.5) is 8.78 Å². The topological polar surface area (TPSA) is 46.2 Å². The van der Waals surface area contributed by atoms with Gasteiger partial charge in [-0.05, 0) is 31.1 Å². The lowest BCUT2D eigenvalue weighted by atomic mass is 9.80. The van der Waals surface area contributed by atoms with Gasteiger partial charge < -0.3 is 10.8 Å². The third kappa shape index (κ3) is 1.77. The van der Waals surface area contributed by atoms with Crippen LogP contribution >= 0.6 is 0 Å². The van der Waals surface area contributed by atoms with Gasteiger partial charge in [-0.25, -0.2) is 8.78 Å². The van der Waals surface area contributed by atoms with Gasteiger partial charge in [0, 0.05) is 18.4 Å². The third-order valence-electron chi connectivity index (χ3n) is 3.76. The SMILES string of the molecule is NC1(CO)CC2CCC(F)(F)CC2C1. The van der Waals surface area contributed by atoms with E-state index in [1.807, 2.05) is 0 Å². The van der Waals surface area contributed by atoms with Crippen LogP contribution < -0.4 is 5.73 Å². The summed E-state index contributed by atoms with van der Waals surface area (Å²) in [6, 6.07) is 0. The summed E-state index contributed by atoms with van der Waals surface area (Å²) in [5.74, 6) is -2.16. The highest BCUT2D eigenvalue weighted by Gasteiger charge is 2.49. The molecular formula is C10H17F2NO. The van der Waals surface area contributed by atoms with E-state index in [4.69, 9.17) is 10.8 Å². The van der Waals surface area contributed by atoms with Gasteiger partial charge in [-0.1, -0.05) is 0 Å². The zero-order valence-corrected chi connectivity index (χ0v) is 8.18. The molecule has 3 unspecified atom stereocenters. The van der Waals surface area contributed by atoms with Gasteiger partial charge in [0.05, 0.1) is 6.61 Å². The molecular weight excluding hydrogens is 188 g/mol. The van der Waals surface area contributed by atoms with Gasteiger partial charge in [-0.15, -0.1) is 0 Å². The lowest BCUT2D eigenvalue weighted by Crippen LogP contribution is -2.41. The number of aliphatic hydroxyl groups is 1. The summed E-state index contributed by atoms with van der Waals surface area (Å²) in [6.45, 7) is -0.0778. The predicted molar refractivity (Wildman–Crippen MR) is 49.0 cm³/mol. The van der Waals surface area contributed by atoms with E-state index in [1.165, 1.54) is 0 Å². The lowest BCUT2D eigenvalue weighted by Gasteiger charge is -2.31. The molecule has 0 aromatic rings. The summed E-state index contributed by atoms with van der Waals surface area (Å²) in [7, 11) is 0. The molecule has 3 N–H and O–H groups in total. The van der Waals surface area contributed by atoms with Crippen LogP contribution in [0.15, 0.2) is 0 Å². The zero-order valence-electron chi connectivity index (χ0n) is 8.18. The molecule has 82 valence electrons. The maximum Gasteiger partial charge on any atom is 0.248 e. The Morgan fingerprint density at radius 1 is 1.21 bits per heavy atom. The van der Waals surface area contributed by atoms with Crippen molar-refractivity contribution in [2.75, 3.05) is 6.61 Å². The van der Waals surface area contributed by atoms with Gasteiger partial charge in [0.1, 0.15) is 0 Å². The van der Waals surface area contributed by atoms with Crippen LogP contribution in [0.1, 0.15) is 32.1 Å². The van der Waals surface area contributed by atoms with Crippen molar-refractivity contribution in [1.29, 1.82) is 0 Å². The van der Waals surface area contributed by atoms with Crippen LogP contribution in [0.25, 0.3) is 0 Å². The normalized spacial score (nSPS) is 46.3. The molecule has 0 amide bonds. The summed E-state index contributed by atoms with van der Waals surface area (Å²) < 4.78 is 26.2. The van der Waals surface area contributed by atoms with Crippen molar-refractivity contribution in [2.24, 2.45) is 17.6 Å². The van der Waals surface area contributed by atoms with Crippen molar-refractivity contribution < 1.29 is 13.9 Å². The summed E-state index contributed by atoms with van der Waals surface area (Å²) in [6.07, 6.45) is 1.80. The van der Waals surface area contributed by atoms with Crippen molar-refractivity contribution in [2.45, 2.75) is 43.6 Å². The second-order valence-corrected chi connectivity index (χ2v) is 5.05. The minimum atomic E-state index is -2.50. The van der Waals surface area contributed by atoms with Crippen LogP contribution in [0.2, 0.25) is 0 Å². The van der Waals surface area contributed by atoms with Crippen molar-refractivity contribution in [3.63, 3.8) is 0 Å². The molecule has 0 saturated heterocycles. The molecule has 14 heavy (non-hydrogen) atoms. The quantitative estimate of drug-likeness (QED) is 0.681. The number of halogens is 2. The Hall–Kier alpha value is -0.220. The van der Waals surface area contributed by atoms with Crippen LogP contribution in [-0.2, 0) is 0 Å². The molecule has 4 heteroatoms. The number of fused-ring (bicyclic) bond motifs is 1. The smallest absolute Gasteiger partial charge is 0.248 e. The molecule has 2 saturated carbocycles. The predicted octanol–water partition coefficient (Wildman–Crippen LogP) is 1.52. The fourth-order valence-electron chi connectivity index (χ4n) is 3.05. The van der Waals surface area contributed by atoms with E-state index < -0.39 is 11.5 Å². The number of aliphatic hydroxyl groups excluding tert-OH is 1. The molecule has 0 heterocycles. The molecule has 3 atom stereocenters. The van der Waals surface area contributed by atoms with Crippen molar-refractivity contribution in [1.82, 2.24) is 0 Å². The highest BCUT2D eigenvalue weighted by atomic mass is 19.3. The fourth-order valence-corrected chi connectivity index (χ4v) is 3.05.